The zero-order valence-corrected chi connectivity index (χ0v) is 26.7. The standard InChI is InChI=1S/C32H30Cl2N8O4/c1-41-24-12-13-36-29(26(24)31(44)42(2)32(41)45)39-21-9-5-7-19(28(21)34)18-6-4-8-20(27(18)33)22-16-37-23(30(40-22)46-3)15-35-14-17-10-11-25(43)38-17/h4-9,12-13,16-17,35H,10-11,14-15H2,1-3H3,(H,36,39)(H,38,43)/t17-/m0/s1. The van der Waals surface area contributed by atoms with Crippen molar-refractivity contribution in [3.8, 4) is 28.3 Å². The van der Waals surface area contributed by atoms with Crippen LogP contribution in [-0.2, 0) is 25.4 Å². The lowest BCUT2D eigenvalue weighted by molar-refractivity contribution is -0.119. The fourth-order valence-electron chi connectivity index (χ4n) is 5.53. The average Bonchev–Trinajstić information content (AvgIpc) is 3.48. The van der Waals surface area contributed by atoms with Crippen molar-refractivity contribution in [1.29, 1.82) is 0 Å². The van der Waals surface area contributed by atoms with E-state index in [0.717, 1.165) is 11.0 Å². The van der Waals surface area contributed by atoms with Crippen molar-refractivity contribution >= 4 is 51.5 Å². The number of halogens is 2. The number of benzene rings is 2. The number of amides is 1. The second kappa shape index (κ2) is 12.9. The number of ether oxygens (including phenoxy) is 1. The largest absolute Gasteiger partial charge is 0.480 e. The maximum atomic E-state index is 13.1. The maximum Gasteiger partial charge on any atom is 0.330 e. The van der Waals surface area contributed by atoms with Crippen LogP contribution in [0.2, 0.25) is 10.0 Å². The molecule has 6 rings (SSSR count). The number of hydrogen-bond donors (Lipinski definition) is 3. The molecular formula is C32H30Cl2N8O4. The maximum absolute atomic E-state index is 13.1. The molecule has 1 saturated heterocycles. The first-order valence-corrected chi connectivity index (χ1v) is 15.2. The number of anilines is 2. The number of carbonyl (C=O) groups excluding carboxylic acids is 1. The molecule has 236 valence electrons. The van der Waals surface area contributed by atoms with Crippen molar-refractivity contribution in [3.05, 3.63) is 91.4 Å². The average molecular weight is 662 g/mol. The van der Waals surface area contributed by atoms with Crippen LogP contribution < -0.4 is 31.9 Å². The molecule has 46 heavy (non-hydrogen) atoms. The van der Waals surface area contributed by atoms with Crippen molar-refractivity contribution in [2.75, 3.05) is 19.0 Å². The molecule has 3 aromatic heterocycles. The van der Waals surface area contributed by atoms with Gasteiger partial charge in [0.05, 0.1) is 40.2 Å². The molecule has 14 heteroatoms. The minimum atomic E-state index is -0.475. The Morgan fingerprint density at radius 2 is 1.72 bits per heavy atom. The van der Waals surface area contributed by atoms with Crippen LogP contribution in [0.4, 0.5) is 11.5 Å². The number of rotatable bonds is 9. The van der Waals surface area contributed by atoms with E-state index in [4.69, 9.17) is 27.9 Å². The van der Waals surface area contributed by atoms with E-state index in [0.29, 0.717) is 74.7 Å². The van der Waals surface area contributed by atoms with E-state index < -0.39 is 11.2 Å². The van der Waals surface area contributed by atoms with Gasteiger partial charge >= 0.3 is 5.69 Å². The summed E-state index contributed by atoms with van der Waals surface area (Å²) in [6.45, 7) is 1.04. The third-order valence-corrected chi connectivity index (χ3v) is 8.79. The lowest BCUT2D eigenvalue weighted by atomic mass is 10.0. The Morgan fingerprint density at radius 1 is 0.978 bits per heavy atom. The van der Waals surface area contributed by atoms with Gasteiger partial charge in [-0.3, -0.25) is 23.7 Å². The van der Waals surface area contributed by atoms with Crippen molar-refractivity contribution in [2.24, 2.45) is 14.1 Å². The smallest absolute Gasteiger partial charge is 0.330 e. The molecule has 1 fully saturated rings. The number of carbonyl (C=O) groups is 1. The highest BCUT2D eigenvalue weighted by atomic mass is 35.5. The number of methoxy groups -OCH3 is 1. The topological polar surface area (TPSA) is 145 Å². The minimum Gasteiger partial charge on any atom is -0.480 e. The summed E-state index contributed by atoms with van der Waals surface area (Å²) in [5.74, 6) is 0.690. The summed E-state index contributed by atoms with van der Waals surface area (Å²) in [6, 6.07) is 12.7. The van der Waals surface area contributed by atoms with Gasteiger partial charge in [-0.25, -0.2) is 14.8 Å². The van der Waals surface area contributed by atoms with Crippen molar-refractivity contribution in [1.82, 2.24) is 34.7 Å². The Morgan fingerprint density at radius 3 is 2.46 bits per heavy atom. The van der Waals surface area contributed by atoms with Crippen LogP contribution in [0, 0.1) is 0 Å². The van der Waals surface area contributed by atoms with Gasteiger partial charge in [-0.15, -0.1) is 0 Å². The predicted molar refractivity (Wildman–Crippen MR) is 178 cm³/mol. The van der Waals surface area contributed by atoms with Gasteiger partial charge in [-0.1, -0.05) is 53.5 Å². The molecule has 1 aliphatic rings. The molecule has 0 aliphatic carbocycles. The quantitative estimate of drug-likeness (QED) is 0.212. The minimum absolute atomic E-state index is 0.0694. The Labute approximate surface area is 273 Å². The van der Waals surface area contributed by atoms with E-state index in [9.17, 15) is 14.4 Å². The summed E-state index contributed by atoms with van der Waals surface area (Å²) in [5, 5.41) is 10.4. The van der Waals surface area contributed by atoms with E-state index in [-0.39, 0.29) is 23.2 Å². The Bertz CT molecular complexity index is 2110. The zero-order valence-electron chi connectivity index (χ0n) is 25.2. The highest BCUT2D eigenvalue weighted by molar-refractivity contribution is 6.39. The fourth-order valence-corrected chi connectivity index (χ4v) is 6.13. The molecule has 0 unspecified atom stereocenters. The number of nitrogens with one attached hydrogen (secondary N) is 3. The summed E-state index contributed by atoms with van der Waals surface area (Å²) >= 11 is 13.9. The van der Waals surface area contributed by atoms with Gasteiger partial charge < -0.3 is 20.7 Å². The van der Waals surface area contributed by atoms with E-state index in [2.05, 4.69) is 30.9 Å². The first kappa shape index (κ1) is 31.2. The third-order valence-electron chi connectivity index (χ3n) is 7.97. The molecule has 12 nitrogen and oxygen atoms in total. The normalized spacial score (nSPS) is 14.5. The summed E-state index contributed by atoms with van der Waals surface area (Å²) in [7, 11) is 4.55. The van der Waals surface area contributed by atoms with E-state index in [1.165, 1.54) is 24.9 Å². The van der Waals surface area contributed by atoms with E-state index >= 15 is 0 Å². The van der Waals surface area contributed by atoms with Crippen LogP contribution >= 0.6 is 23.2 Å². The van der Waals surface area contributed by atoms with E-state index in [1.807, 2.05) is 30.3 Å². The van der Waals surface area contributed by atoms with Crippen molar-refractivity contribution in [3.63, 3.8) is 0 Å². The van der Waals surface area contributed by atoms with Crippen molar-refractivity contribution < 1.29 is 9.53 Å². The summed E-state index contributed by atoms with van der Waals surface area (Å²) < 4.78 is 7.98. The van der Waals surface area contributed by atoms with Crippen LogP contribution in [0.15, 0.2) is 64.4 Å². The second-order valence-corrected chi connectivity index (χ2v) is 11.6. The van der Waals surface area contributed by atoms with Gasteiger partial charge in [-0.05, 0) is 18.6 Å². The zero-order chi connectivity index (χ0) is 32.5. The molecule has 0 saturated carbocycles. The van der Waals surface area contributed by atoms with Crippen LogP contribution in [0.1, 0.15) is 18.5 Å². The lowest BCUT2D eigenvalue weighted by Crippen LogP contribution is -2.37. The molecule has 4 heterocycles. The highest BCUT2D eigenvalue weighted by Crippen LogP contribution is 2.42. The monoisotopic (exact) mass is 660 g/mol. The Hall–Kier alpha value is -4.78. The van der Waals surface area contributed by atoms with Crippen molar-refractivity contribution in [2.45, 2.75) is 25.4 Å². The first-order chi connectivity index (χ1) is 22.2. The first-order valence-electron chi connectivity index (χ1n) is 14.5. The van der Waals surface area contributed by atoms with Gasteiger partial charge in [0.15, 0.2) is 0 Å². The number of nitrogens with zero attached hydrogens (tertiary/aromatic N) is 5. The summed E-state index contributed by atoms with van der Waals surface area (Å²) in [5.41, 5.74) is 3.09. The van der Waals surface area contributed by atoms with E-state index in [1.54, 1.807) is 25.4 Å². The molecule has 1 atom stereocenters. The van der Waals surface area contributed by atoms with Gasteiger partial charge in [0.25, 0.3) is 5.56 Å². The highest BCUT2D eigenvalue weighted by Gasteiger charge is 2.21. The van der Waals surface area contributed by atoms with Crippen LogP contribution in [0.25, 0.3) is 33.3 Å². The Kier molecular flexibility index (Phi) is 8.76. The molecule has 0 radical (unpaired) electrons. The SMILES string of the molecule is COc1nc(-c2cccc(-c3cccc(Nc4nccc5c4c(=O)n(C)c(=O)n5C)c3Cl)c2Cl)cnc1CNC[C@@H]1CCC(=O)N1. The Balaban J connectivity index is 1.30. The van der Waals surface area contributed by atoms with Gasteiger partial charge in [0.1, 0.15) is 16.9 Å². The molecule has 1 aliphatic heterocycles. The molecule has 5 aromatic rings. The van der Waals surface area contributed by atoms with Gasteiger partial charge in [-0.2, -0.15) is 0 Å². The number of aryl methyl sites for hydroxylation is 1. The number of aromatic nitrogens is 5. The molecule has 2 aromatic carbocycles. The molecule has 1 amide bonds. The van der Waals surface area contributed by atoms with Gasteiger partial charge in [0.2, 0.25) is 11.8 Å². The number of fused-ring (bicyclic) bond motifs is 1. The number of hydrogen-bond acceptors (Lipinski definition) is 9. The van der Waals surface area contributed by atoms with Crippen LogP contribution in [0.5, 0.6) is 5.88 Å². The fraction of sp³-hybridized carbons (Fsp3) is 0.250. The predicted octanol–water partition coefficient (Wildman–Crippen LogP) is 4.18. The molecular weight excluding hydrogens is 631 g/mol. The third kappa shape index (κ3) is 5.82. The molecule has 3 N–H and O–H groups in total. The van der Waals surface area contributed by atoms with Gasteiger partial charge in [0, 0.05) is 62.5 Å². The second-order valence-electron chi connectivity index (χ2n) is 10.9. The lowest BCUT2D eigenvalue weighted by Gasteiger charge is -2.16. The van der Waals surface area contributed by atoms with Crippen LogP contribution in [-0.4, -0.2) is 49.7 Å². The molecule has 0 spiro atoms. The molecule has 0 bridgehead atoms. The summed E-state index contributed by atoms with van der Waals surface area (Å²) in [6.07, 6.45) is 4.50. The summed E-state index contributed by atoms with van der Waals surface area (Å²) in [4.78, 5) is 50.7. The number of pyridine rings is 1. The van der Waals surface area contributed by atoms with Crippen LogP contribution in [0.3, 0.4) is 0 Å².